The molecule has 0 bridgehead atoms. The van der Waals surface area contributed by atoms with Gasteiger partial charge in [0, 0.05) is 11.7 Å². The van der Waals surface area contributed by atoms with E-state index in [1.54, 1.807) is 13.2 Å². The number of carbonyl (C=O) groups excluding carboxylic acids is 1. The molecule has 3 N–H and O–H groups in total. The Balaban J connectivity index is 0.00000312. The zero-order valence-corrected chi connectivity index (χ0v) is 15.6. The molecule has 0 fully saturated rings. The van der Waals surface area contributed by atoms with Gasteiger partial charge in [-0.15, -0.1) is 12.4 Å². The largest absolute Gasteiger partial charge is 0.493 e. The smallest absolute Gasteiger partial charge is 0.262 e. The van der Waals surface area contributed by atoms with Gasteiger partial charge in [0.25, 0.3) is 5.91 Å². The standard InChI is InChI=1S/C19H24N2O3.ClH/c1-13-5-4-6-16(9-13)21-19(22)12-24-17-8-7-15(10-14(2)20)11-18(17)23-3;/h4-9,11,14H,10,12,20H2,1-3H3,(H,21,22);1H. The molecule has 6 heteroatoms. The van der Waals surface area contributed by atoms with Crippen LogP contribution in [-0.4, -0.2) is 25.7 Å². The summed E-state index contributed by atoms with van der Waals surface area (Å²) >= 11 is 0. The first kappa shape index (κ1) is 20.8. The second-order valence-corrected chi connectivity index (χ2v) is 5.87. The number of methoxy groups -OCH3 is 1. The maximum atomic E-state index is 12.0. The molecule has 0 heterocycles. The van der Waals surface area contributed by atoms with Gasteiger partial charge in [-0.2, -0.15) is 0 Å². The molecular weight excluding hydrogens is 340 g/mol. The van der Waals surface area contributed by atoms with Crippen molar-refractivity contribution in [3.63, 3.8) is 0 Å². The maximum absolute atomic E-state index is 12.0. The summed E-state index contributed by atoms with van der Waals surface area (Å²) in [5, 5.41) is 2.81. The van der Waals surface area contributed by atoms with Gasteiger partial charge in [0.2, 0.25) is 0 Å². The lowest BCUT2D eigenvalue weighted by Crippen LogP contribution is -2.20. The number of anilines is 1. The van der Waals surface area contributed by atoms with Crippen LogP contribution in [-0.2, 0) is 11.2 Å². The average Bonchev–Trinajstić information content (AvgIpc) is 2.53. The summed E-state index contributed by atoms with van der Waals surface area (Å²) in [6.07, 6.45) is 0.754. The summed E-state index contributed by atoms with van der Waals surface area (Å²) in [7, 11) is 1.57. The minimum Gasteiger partial charge on any atom is -0.493 e. The van der Waals surface area contributed by atoms with Crippen LogP contribution < -0.4 is 20.5 Å². The number of aryl methyl sites for hydroxylation is 1. The normalized spacial score (nSPS) is 11.2. The Hall–Kier alpha value is -2.24. The highest BCUT2D eigenvalue weighted by molar-refractivity contribution is 5.91. The summed E-state index contributed by atoms with van der Waals surface area (Å²) in [5.41, 5.74) is 8.72. The van der Waals surface area contributed by atoms with Crippen LogP contribution in [0, 0.1) is 6.92 Å². The van der Waals surface area contributed by atoms with Gasteiger partial charge in [0.15, 0.2) is 18.1 Å². The quantitative estimate of drug-likeness (QED) is 0.790. The number of ether oxygens (including phenoxy) is 2. The van der Waals surface area contributed by atoms with Crippen molar-refractivity contribution in [3.05, 3.63) is 53.6 Å². The van der Waals surface area contributed by atoms with Crippen LogP contribution in [0.2, 0.25) is 0 Å². The van der Waals surface area contributed by atoms with Gasteiger partial charge in [-0.05, 0) is 55.7 Å². The predicted octanol–water partition coefficient (Wildman–Crippen LogP) is 3.33. The molecular formula is C19H25ClN2O3. The highest BCUT2D eigenvalue weighted by Crippen LogP contribution is 2.28. The van der Waals surface area contributed by atoms with Gasteiger partial charge in [-0.25, -0.2) is 0 Å². The van der Waals surface area contributed by atoms with Crippen LogP contribution in [0.4, 0.5) is 5.69 Å². The van der Waals surface area contributed by atoms with Crippen LogP contribution in [0.3, 0.4) is 0 Å². The van der Waals surface area contributed by atoms with Gasteiger partial charge in [-0.1, -0.05) is 18.2 Å². The Kier molecular flexibility index (Phi) is 8.25. The van der Waals surface area contributed by atoms with Crippen molar-refractivity contribution < 1.29 is 14.3 Å². The van der Waals surface area contributed by atoms with Crippen molar-refractivity contribution in [3.8, 4) is 11.5 Å². The van der Waals surface area contributed by atoms with Crippen LogP contribution in [0.15, 0.2) is 42.5 Å². The molecule has 1 atom stereocenters. The van der Waals surface area contributed by atoms with E-state index in [2.05, 4.69) is 5.32 Å². The summed E-state index contributed by atoms with van der Waals surface area (Å²) in [5.74, 6) is 0.907. The first-order valence-corrected chi connectivity index (χ1v) is 7.89. The zero-order valence-electron chi connectivity index (χ0n) is 14.7. The average molecular weight is 365 g/mol. The summed E-state index contributed by atoms with van der Waals surface area (Å²) < 4.78 is 10.9. The van der Waals surface area contributed by atoms with Crippen LogP contribution >= 0.6 is 12.4 Å². The first-order valence-electron chi connectivity index (χ1n) is 7.89. The number of benzene rings is 2. The van der Waals surface area contributed by atoms with E-state index in [-0.39, 0.29) is 31.0 Å². The Morgan fingerprint density at radius 2 is 1.96 bits per heavy atom. The van der Waals surface area contributed by atoms with Gasteiger partial charge < -0.3 is 20.5 Å². The van der Waals surface area contributed by atoms with Gasteiger partial charge in [-0.3, -0.25) is 4.79 Å². The van der Waals surface area contributed by atoms with Crippen LogP contribution in [0.25, 0.3) is 0 Å². The number of amides is 1. The number of halogens is 1. The Morgan fingerprint density at radius 3 is 2.60 bits per heavy atom. The minimum atomic E-state index is -0.220. The lowest BCUT2D eigenvalue weighted by Gasteiger charge is -2.13. The lowest BCUT2D eigenvalue weighted by molar-refractivity contribution is -0.118. The number of hydrogen-bond donors (Lipinski definition) is 2. The van der Waals surface area contributed by atoms with Gasteiger partial charge in [0.1, 0.15) is 0 Å². The molecule has 0 aliphatic rings. The van der Waals surface area contributed by atoms with E-state index < -0.39 is 0 Å². The molecule has 5 nitrogen and oxygen atoms in total. The third-order valence-electron chi connectivity index (χ3n) is 3.45. The molecule has 0 spiro atoms. The van der Waals surface area contributed by atoms with E-state index in [0.29, 0.717) is 11.5 Å². The molecule has 0 radical (unpaired) electrons. The number of carbonyl (C=O) groups is 1. The highest BCUT2D eigenvalue weighted by atomic mass is 35.5. The topological polar surface area (TPSA) is 73.6 Å². The van der Waals surface area contributed by atoms with Gasteiger partial charge >= 0.3 is 0 Å². The first-order chi connectivity index (χ1) is 11.5. The van der Waals surface area contributed by atoms with Gasteiger partial charge in [0.05, 0.1) is 7.11 Å². The number of nitrogens with one attached hydrogen (secondary N) is 1. The predicted molar refractivity (Wildman–Crippen MR) is 103 cm³/mol. The molecule has 2 rings (SSSR count). The van der Waals surface area contributed by atoms with E-state index in [9.17, 15) is 4.79 Å². The van der Waals surface area contributed by atoms with E-state index >= 15 is 0 Å². The molecule has 1 amide bonds. The van der Waals surface area contributed by atoms with Crippen LogP contribution in [0.5, 0.6) is 11.5 Å². The Bertz CT molecular complexity index is 705. The number of nitrogens with two attached hydrogens (primary N) is 1. The summed E-state index contributed by atoms with van der Waals surface area (Å²) in [6, 6.07) is 13.3. The van der Waals surface area contributed by atoms with Crippen molar-refractivity contribution in [2.24, 2.45) is 5.73 Å². The Labute approximate surface area is 154 Å². The number of rotatable bonds is 7. The monoisotopic (exact) mass is 364 g/mol. The second-order valence-electron chi connectivity index (χ2n) is 5.87. The van der Waals surface area contributed by atoms with Crippen molar-refractivity contribution in [1.29, 1.82) is 0 Å². The molecule has 0 saturated carbocycles. The molecule has 0 aliphatic carbocycles. The van der Waals surface area contributed by atoms with Crippen molar-refractivity contribution in [1.82, 2.24) is 0 Å². The van der Waals surface area contributed by atoms with Crippen molar-refractivity contribution in [2.45, 2.75) is 26.3 Å². The fraction of sp³-hybridized carbons (Fsp3) is 0.316. The van der Waals surface area contributed by atoms with Crippen molar-refractivity contribution >= 4 is 24.0 Å². The molecule has 0 aromatic heterocycles. The second kappa shape index (κ2) is 9.91. The molecule has 2 aromatic rings. The molecule has 25 heavy (non-hydrogen) atoms. The molecule has 1 unspecified atom stereocenters. The third-order valence-corrected chi connectivity index (χ3v) is 3.45. The highest BCUT2D eigenvalue weighted by Gasteiger charge is 2.10. The molecule has 0 saturated heterocycles. The van der Waals surface area contributed by atoms with E-state index in [4.69, 9.17) is 15.2 Å². The summed E-state index contributed by atoms with van der Waals surface area (Å²) in [4.78, 5) is 12.0. The van der Waals surface area contributed by atoms with Crippen molar-refractivity contribution in [2.75, 3.05) is 19.0 Å². The Morgan fingerprint density at radius 1 is 1.20 bits per heavy atom. The fourth-order valence-electron chi connectivity index (χ4n) is 2.39. The molecule has 136 valence electrons. The van der Waals surface area contributed by atoms with E-state index in [1.165, 1.54) is 0 Å². The third kappa shape index (κ3) is 6.64. The molecule has 2 aromatic carbocycles. The minimum absolute atomic E-state index is 0. The van der Waals surface area contributed by atoms with E-state index in [1.807, 2.05) is 50.2 Å². The zero-order chi connectivity index (χ0) is 17.5. The number of hydrogen-bond acceptors (Lipinski definition) is 4. The fourth-order valence-corrected chi connectivity index (χ4v) is 2.39. The lowest BCUT2D eigenvalue weighted by atomic mass is 10.1. The van der Waals surface area contributed by atoms with Crippen LogP contribution in [0.1, 0.15) is 18.1 Å². The van der Waals surface area contributed by atoms with E-state index in [0.717, 1.165) is 23.2 Å². The maximum Gasteiger partial charge on any atom is 0.262 e. The summed E-state index contributed by atoms with van der Waals surface area (Å²) in [6.45, 7) is 3.84. The SMILES string of the molecule is COc1cc(CC(C)N)ccc1OCC(=O)Nc1cccc(C)c1.Cl. The molecule has 0 aliphatic heterocycles.